The Hall–Kier alpha value is -1.56. The minimum absolute atomic E-state index is 0.0748. The SMILES string of the molecule is CC(CC(=O)NCC1CCCS1(=O)=O)c1ccc(N)cc1. The molecule has 3 N–H and O–H groups in total. The molecule has 1 aliphatic rings. The molecule has 0 saturated carbocycles. The second-order valence-electron chi connectivity index (χ2n) is 5.71. The third kappa shape index (κ3) is 4.20. The number of amides is 1. The maximum absolute atomic E-state index is 11.9. The van der Waals surface area contributed by atoms with Crippen molar-refractivity contribution in [3.05, 3.63) is 29.8 Å². The molecular formula is C15H22N2O3S. The third-order valence-electron chi connectivity index (χ3n) is 3.99. The highest BCUT2D eigenvalue weighted by Gasteiger charge is 2.31. The Morgan fingerprint density at radius 1 is 1.38 bits per heavy atom. The Labute approximate surface area is 125 Å². The monoisotopic (exact) mass is 310 g/mol. The second kappa shape index (κ2) is 6.47. The molecule has 2 unspecified atom stereocenters. The summed E-state index contributed by atoms with van der Waals surface area (Å²) in [6, 6.07) is 7.45. The van der Waals surface area contributed by atoms with Crippen molar-refractivity contribution >= 4 is 21.4 Å². The van der Waals surface area contributed by atoms with Crippen molar-refractivity contribution in [1.82, 2.24) is 5.32 Å². The van der Waals surface area contributed by atoms with E-state index in [1.165, 1.54) is 0 Å². The Kier molecular flexibility index (Phi) is 4.88. The summed E-state index contributed by atoms with van der Waals surface area (Å²) < 4.78 is 23.4. The number of rotatable bonds is 5. The molecule has 21 heavy (non-hydrogen) atoms. The number of nitrogen functional groups attached to an aromatic ring is 1. The van der Waals surface area contributed by atoms with E-state index in [2.05, 4.69) is 5.32 Å². The van der Waals surface area contributed by atoms with Gasteiger partial charge in [0.05, 0.1) is 11.0 Å². The van der Waals surface area contributed by atoms with Gasteiger partial charge in [0.15, 0.2) is 9.84 Å². The van der Waals surface area contributed by atoms with Gasteiger partial charge in [-0.1, -0.05) is 19.1 Å². The molecular weight excluding hydrogens is 288 g/mol. The van der Waals surface area contributed by atoms with Crippen molar-refractivity contribution in [2.45, 2.75) is 37.4 Å². The van der Waals surface area contributed by atoms with Gasteiger partial charge in [-0.25, -0.2) is 8.42 Å². The molecule has 116 valence electrons. The molecule has 1 aromatic carbocycles. The van der Waals surface area contributed by atoms with Gasteiger partial charge in [0.1, 0.15) is 0 Å². The topological polar surface area (TPSA) is 89.3 Å². The van der Waals surface area contributed by atoms with Gasteiger partial charge in [-0.05, 0) is 36.5 Å². The van der Waals surface area contributed by atoms with Crippen LogP contribution in [0, 0.1) is 0 Å². The summed E-state index contributed by atoms with van der Waals surface area (Å²) in [5.41, 5.74) is 7.38. The van der Waals surface area contributed by atoms with E-state index in [9.17, 15) is 13.2 Å². The summed E-state index contributed by atoms with van der Waals surface area (Å²) in [7, 11) is -3.00. The summed E-state index contributed by atoms with van der Waals surface area (Å²) in [5, 5.41) is 2.34. The Balaban J connectivity index is 1.83. The first-order chi connectivity index (χ1) is 9.88. The lowest BCUT2D eigenvalue weighted by Crippen LogP contribution is -2.35. The Bertz CT molecular complexity index is 596. The van der Waals surface area contributed by atoms with Crippen LogP contribution in [0.4, 0.5) is 5.69 Å². The minimum atomic E-state index is -3.00. The number of anilines is 1. The zero-order valence-electron chi connectivity index (χ0n) is 12.2. The first-order valence-corrected chi connectivity index (χ1v) is 8.94. The number of nitrogens with two attached hydrogens (primary N) is 1. The van der Waals surface area contributed by atoms with Gasteiger partial charge in [0.25, 0.3) is 0 Å². The van der Waals surface area contributed by atoms with Crippen LogP contribution in [0.3, 0.4) is 0 Å². The fraction of sp³-hybridized carbons (Fsp3) is 0.533. The smallest absolute Gasteiger partial charge is 0.220 e. The fourth-order valence-electron chi connectivity index (χ4n) is 2.61. The van der Waals surface area contributed by atoms with Gasteiger partial charge >= 0.3 is 0 Å². The zero-order valence-corrected chi connectivity index (χ0v) is 13.0. The standard InChI is InChI=1S/C15H22N2O3S/c1-11(12-4-6-13(16)7-5-12)9-15(18)17-10-14-3-2-8-21(14,19)20/h4-7,11,14H,2-3,8-10,16H2,1H3,(H,17,18). The zero-order chi connectivity index (χ0) is 15.5. The number of nitrogens with one attached hydrogen (secondary N) is 1. The Morgan fingerprint density at radius 3 is 2.62 bits per heavy atom. The molecule has 2 rings (SSSR count). The summed E-state index contributed by atoms with van der Waals surface area (Å²) in [6.07, 6.45) is 1.69. The van der Waals surface area contributed by atoms with Crippen LogP contribution in [0.2, 0.25) is 0 Å². The molecule has 1 saturated heterocycles. The molecule has 5 nitrogen and oxygen atoms in total. The number of carbonyl (C=O) groups is 1. The van der Waals surface area contributed by atoms with Gasteiger partial charge in [0, 0.05) is 18.7 Å². The molecule has 0 radical (unpaired) electrons. The fourth-order valence-corrected chi connectivity index (χ4v) is 4.37. The van der Waals surface area contributed by atoms with E-state index in [1.54, 1.807) is 0 Å². The van der Waals surface area contributed by atoms with E-state index in [4.69, 9.17) is 5.73 Å². The van der Waals surface area contributed by atoms with Crippen molar-refractivity contribution in [1.29, 1.82) is 0 Å². The lowest BCUT2D eigenvalue weighted by atomic mass is 9.97. The van der Waals surface area contributed by atoms with Crippen LogP contribution in [0.1, 0.15) is 37.7 Å². The molecule has 0 aromatic heterocycles. The van der Waals surface area contributed by atoms with Crippen LogP contribution in [0.25, 0.3) is 0 Å². The van der Waals surface area contributed by atoms with E-state index in [1.807, 2.05) is 31.2 Å². The Morgan fingerprint density at radius 2 is 2.05 bits per heavy atom. The number of sulfone groups is 1. The molecule has 1 heterocycles. The molecule has 1 amide bonds. The van der Waals surface area contributed by atoms with Crippen LogP contribution in [-0.2, 0) is 14.6 Å². The highest BCUT2D eigenvalue weighted by molar-refractivity contribution is 7.92. The quantitative estimate of drug-likeness (QED) is 0.806. The number of benzene rings is 1. The van der Waals surface area contributed by atoms with Crippen molar-refractivity contribution in [2.75, 3.05) is 18.0 Å². The molecule has 6 heteroatoms. The molecule has 1 fully saturated rings. The first kappa shape index (κ1) is 15.8. The molecule has 0 spiro atoms. The van der Waals surface area contributed by atoms with Crippen LogP contribution < -0.4 is 11.1 Å². The van der Waals surface area contributed by atoms with E-state index in [-0.39, 0.29) is 24.1 Å². The molecule has 1 aromatic rings. The predicted octanol–water partition coefficient (Wildman–Crippen LogP) is 1.46. The number of hydrogen-bond acceptors (Lipinski definition) is 4. The van der Waals surface area contributed by atoms with Gasteiger partial charge < -0.3 is 11.1 Å². The molecule has 2 atom stereocenters. The van der Waals surface area contributed by atoms with Gasteiger partial charge in [-0.2, -0.15) is 0 Å². The van der Waals surface area contributed by atoms with E-state index in [0.29, 0.717) is 24.9 Å². The molecule has 1 aliphatic heterocycles. The number of carbonyl (C=O) groups excluding carboxylic acids is 1. The van der Waals surface area contributed by atoms with Crippen molar-refractivity contribution in [3.8, 4) is 0 Å². The maximum Gasteiger partial charge on any atom is 0.220 e. The second-order valence-corrected chi connectivity index (χ2v) is 8.11. The average Bonchev–Trinajstić information content (AvgIpc) is 2.76. The highest BCUT2D eigenvalue weighted by atomic mass is 32.2. The van der Waals surface area contributed by atoms with Crippen molar-refractivity contribution < 1.29 is 13.2 Å². The lowest BCUT2D eigenvalue weighted by molar-refractivity contribution is -0.121. The van der Waals surface area contributed by atoms with E-state index < -0.39 is 15.1 Å². The lowest BCUT2D eigenvalue weighted by Gasteiger charge is -2.14. The van der Waals surface area contributed by atoms with Crippen molar-refractivity contribution in [3.63, 3.8) is 0 Å². The number of hydrogen-bond donors (Lipinski definition) is 2. The summed E-state index contributed by atoms with van der Waals surface area (Å²) in [6.45, 7) is 2.20. The summed E-state index contributed by atoms with van der Waals surface area (Å²) >= 11 is 0. The average molecular weight is 310 g/mol. The van der Waals surface area contributed by atoms with Gasteiger partial charge in [0.2, 0.25) is 5.91 Å². The first-order valence-electron chi connectivity index (χ1n) is 7.22. The maximum atomic E-state index is 11.9. The minimum Gasteiger partial charge on any atom is -0.399 e. The van der Waals surface area contributed by atoms with Crippen molar-refractivity contribution in [2.24, 2.45) is 0 Å². The van der Waals surface area contributed by atoms with Gasteiger partial charge in [-0.15, -0.1) is 0 Å². The largest absolute Gasteiger partial charge is 0.399 e. The predicted molar refractivity (Wildman–Crippen MR) is 83.7 cm³/mol. The van der Waals surface area contributed by atoms with Crippen LogP contribution in [-0.4, -0.2) is 31.9 Å². The third-order valence-corrected chi connectivity index (χ3v) is 6.26. The molecule has 0 aliphatic carbocycles. The normalized spacial score (nSPS) is 21.9. The van der Waals surface area contributed by atoms with Crippen LogP contribution in [0.15, 0.2) is 24.3 Å². The van der Waals surface area contributed by atoms with Crippen LogP contribution >= 0.6 is 0 Å². The highest BCUT2D eigenvalue weighted by Crippen LogP contribution is 2.21. The van der Waals surface area contributed by atoms with E-state index in [0.717, 1.165) is 5.56 Å². The molecule has 0 bridgehead atoms. The van der Waals surface area contributed by atoms with E-state index >= 15 is 0 Å². The summed E-state index contributed by atoms with van der Waals surface area (Å²) in [5.74, 6) is 0.210. The van der Waals surface area contributed by atoms with Gasteiger partial charge in [-0.3, -0.25) is 4.79 Å². The van der Waals surface area contributed by atoms with Crippen LogP contribution in [0.5, 0.6) is 0 Å². The summed E-state index contributed by atoms with van der Waals surface area (Å²) in [4.78, 5) is 11.9.